The molecule has 1 N–H and O–H groups in total. The van der Waals surface area contributed by atoms with Gasteiger partial charge in [0.25, 0.3) is 0 Å². The smallest absolute Gasteiger partial charge is 0.0479 e. The van der Waals surface area contributed by atoms with Crippen LogP contribution in [0, 0.1) is 0 Å². The molecular weight excluding hydrogens is 124 g/mol. The lowest BCUT2D eigenvalue weighted by atomic mass is 10.3. The van der Waals surface area contributed by atoms with Crippen molar-refractivity contribution in [2.45, 2.75) is 19.8 Å². The summed E-state index contributed by atoms with van der Waals surface area (Å²) in [5, 5.41) is 9.10. The first-order chi connectivity index (χ1) is 3.81. The molecule has 2 heteroatoms. The second-order valence-corrected chi connectivity index (χ2v) is 2.02. The zero-order valence-electron chi connectivity index (χ0n) is 5.02. The van der Waals surface area contributed by atoms with E-state index in [0.29, 0.717) is 6.42 Å². The Bertz CT molecular complexity index is 78.6. The van der Waals surface area contributed by atoms with Crippen molar-refractivity contribution in [3.8, 4) is 0 Å². The van der Waals surface area contributed by atoms with Crippen LogP contribution in [-0.2, 0) is 0 Å². The van der Waals surface area contributed by atoms with Gasteiger partial charge in [-0.05, 0) is 6.42 Å². The first-order valence-electron chi connectivity index (χ1n) is 2.76. The van der Waals surface area contributed by atoms with Crippen LogP contribution in [0.15, 0.2) is 11.1 Å². The largest absolute Gasteiger partial charge is 0.396 e. The Labute approximate surface area is 55.0 Å². The van der Waals surface area contributed by atoms with E-state index in [-0.39, 0.29) is 6.61 Å². The summed E-state index contributed by atoms with van der Waals surface area (Å²) in [4.78, 5) is 0. The minimum atomic E-state index is 0.148. The molecule has 0 radical (unpaired) electrons. The fraction of sp³-hybridized carbons (Fsp3) is 0.667. The topological polar surface area (TPSA) is 20.2 Å². The highest BCUT2D eigenvalue weighted by atomic mass is 35.5. The fourth-order valence-electron chi connectivity index (χ4n) is 0.430. The number of allylic oxidation sites excluding steroid dienone is 1. The Morgan fingerprint density at radius 1 is 1.75 bits per heavy atom. The maximum Gasteiger partial charge on any atom is 0.0479 e. The van der Waals surface area contributed by atoms with E-state index < -0.39 is 0 Å². The van der Waals surface area contributed by atoms with Gasteiger partial charge in [-0.15, -0.1) is 0 Å². The summed E-state index contributed by atoms with van der Waals surface area (Å²) in [6, 6.07) is 0. The highest BCUT2D eigenvalue weighted by molar-refractivity contribution is 6.29. The van der Waals surface area contributed by atoms with Crippen LogP contribution >= 0.6 is 11.6 Å². The average molecular weight is 135 g/mol. The molecule has 0 aromatic carbocycles. The molecule has 0 atom stereocenters. The molecule has 0 saturated carbocycles. The van der Waals surface area contributed by atoms with Gasteiger partial charge in [0, 0.05) is 18.1 Å². The van der Waals surface area contributed by atoms with E-state index in [0.717, 1.165) is 11.5 Å². The van der Waals surface area contributed by atoms with E-state index in [2.05, 4.69) is 0 Å². The van der Waals surface area contributed by atoms with Gasteiger partial charge in [0.1, 0.15) is 0 Å². The maximum atomic E-state index is 8.34. The van der Waals surface area contributed by atoms with Crippen molar-refractivity contribution in [1.82, 2.24) is 0 Å². The van der Waals surface area contributed by atoms with E-state index >= 15 is 0 Å². The monoisotopic (exact) mass is 134 g/mol. The summed E-state index contributed by atoms with van der Waals surface area (Å²) in [5.74, 6) is 0. The van der Waals surface area contributed by atoms with Gasteiger partial charge < -0.3 is 5.11 Å². The van der Waals surface area contributed by atoms with Crippen LogP contribution in [0.1, 0.15) is 19.8 Å². The molecule has 0 saturated heterocycles. The second-order valence-electron chi connectivity index (χ2n) is 1.53. The molecule has 0 rings (SSSR count). The number of halogens is 1. The summed E-state index contributed by atoms with van der Waals surface area (Å²) < 4.78 is 0. The van der Waals surface area contributed by atoms with E-state index in [4.69, 9.17) is 16.7 Å². The molecule has 0 spiro atoms. The number of aliphatic hydroxyl groups is 1. The lowest BCUT2D eigenvalue weighted by Gasteiger charge is -1.90. The van der Waals surface area contributed by atoms with Crippen molar-refractivity contribution >= 4 is 11.6 Å². The molecule has 8 heavy (non-hydrogen) atoms. The van der Waals surface area contributed by atoms with Gasteiger partial charge in [-0.25, -0.2) is 0 Å². The van der Waals surface area contributed by atoms with Crippen molar-refractivity contribution in [3.63, 3.8) is 0 Å². The maximum absolute atomic E-state index is 8.34. The summed E-state index contributed by atoms with van der Waals surface area (Å²) in [6.07, 6.45) is 3.44. The zero-order valence-corrected chi connectivity index (χ0v) is 5.78. The molecule has 0 aliphatic rings. The van der Waals surface area contributed by atoms with E-state index in [1.54, 1.807) is 0 Å². The third-order valence-electron chi connectivity index (χ3n) is 0.776. The van der Waals surface area contributed by atoms with Crippen molar-refractivity contribution in [2.75, 3.05) is 6.61 Å². The molecule has 1 nitrogen and oxygen atoms in total. The lowest BCUT2D eigenvalue weighted by Crippen LogP contribution is -1.80. The minimum Gasteiger partial charge on any atom is -0.396 e. The third-order valence-corrected chi connectivity index (χ3v) is 1.12. The Morgan fingerprint density at radius 2 is 2.38 bits per heavy atom. The highest BCUT2D eigenvalue weighted by Gasteiger charge is 1.86. The van der Waals surface area contributed by atoms with E-state index in [1.807, 2.05) is 13.0 Å². The third kappa shape index (κ3) is 4.16. The Kier molecular flexibility index (Phi) is 5.13. The van der Waals surface area contributed by atoms with E-state index in [1.165, 1.54) is 0 Å². The predicted molar refractivity (Wildman–Crippen MR) is 35.9 cm³/mol. The second kappa shape index (κ2) is 5.13. The summed E-state index contributed by atoms with van der Waals surface area (Å²) >= 11 is 5.58. The normalized spacial score (nSPS) is 12.1. The molecule has 0 bridgehead atoms. The van der Waals surface area contributed by atoms with Crippen LogP contribution in [0.4, 0.5) is 0 Å². The van der Waals surface area contributed by atoms with Crippen LogP contribution in [0.2, 0.25) is 0 Å². The van der Waals surface area contributed by atoms with Crippen molar-refractivity contribution in [2.24, 2.45) is 0 Å². The first-order valence-corrected chi connectivity index (χ1v) is 3.14. The van der Waals surface area contributed by atoms with Gasteiger partial charge in [0.2, 0.25) is 0 Å². The summed E-state index contributed by atoms with van der Waals surface area (Å²) in [6.45, 7) is 2.16. The number of aliphatic hydroxyl groups excluding tert-OH is 1. The SMILES string of the molecule is CCC=C(Cl)CCO. The molecular formula is C6H11ClO. The Balaban J connectivity index is 3.29. The lowest BCUT2D eigenvalue weighted by molar-refractivity contribution is 0.301. The summed E-state index contributed by atoms with van der Waals surface area (Å²) in [7, 11) is 0. The fourth-order valence-corrected chi connectivity index (χ4v) is 0.669. The number of rotatable bonds is 3. The number of hydrogen-bond acceptors (Lipinski definition) is 1. The van der Waals surface area contributed by atoms with Crippen LogP contribution in [0.25, 0.3) is 0 Å². The van der Waals surface area contributed by atoms with Crippen LogP contribution in [0.3, 0.4) is 0 Å². The van der Waals surface area contributed by atoms with Gasteiger partial charge in [0.05, 0.1) is 0 Å². The van der Waals surface area contributed by atoms with Crippen LogP contribution in [0.5, 0.6) is 0 Å². The quantitative estimate of drug-likeness (QED) is 0.625. The molecule has 0 amide bonds. The highest BCUT2D eigenvalue weighted by Crippen LogP contribution is 2.05. The first kappa shape index (κ1) is 7.99. The van der Waals surface area contributed by atoms with Crippen LogP contribution < -0.4 is 0 Å². The molecule has 0 heterocycles. The van der Waals surface area contributed by atoms with Crippen molar-refractivity contribution < 1.29 is 5.11 Å². The van der Waals surface area contributed by atoms with Crippen LogP contribution in [-0.4, -0.2) is 11.7 Å². The average Bonchev–Trinajstić information content (AvgIpc) is 1.68. The minimum absolute atomic E-state index is 0.148. The van der Waals surface area contributed by atoms with Gasteiger partial charge >= 0.3 is 0 Å². The predicted octanol–water partition coefficient (Wildman–Crippen LogP) is 1.90. The van der Waals surface area contributed by atoms with Gasteiger partial charge in [0.15, 0.2) is 0 Å². The molecule has 0 aliphatic heterocycles. The van der Waals surface area contributed by atoms with Gasteiger partial charge in [-0.3, -0.25) is 0 Å². The van der Waals surface area contributed by atoms with E-state index in [9.17, 15) is 0 Å². The number of hydrogen-bond donors (Lipinski definition) is 1. The molecule has 0 aliphatic carbocycles. The van der Waals surface area contributed by atoms with Crippen molar-refractivity contribution in [1.29, 1.82) is 0 Å². The van der Waals surface area contributed by atoms with Gasteiger partial charge in [-0.1, -0.05) is 24.6 Å². The van der Waals surface area contributed by atoms with Gasteiger partial charge in [-0.2, -0.15) is 0 Å². The Hall–Kier alpha value is -0.0100. The molecule has 0 aromatic rings. The molecule has 0 unspecified atom stereocenters. The molecule has 0 aromatic heterocycles. The molecule has 48 valence electrons. The zero-order chi connectivity index (χ0) is 6.41. The summed E-state index contributed by atoms with van der Waals surface area (Å²) in [5.41, 5.74) is 0. The van der Waals surface area contributed by atoms with Crippen molar-refractivity contribution in [3.05, 3.63) is 11.1 Å². The Morgan fingerprint density at radius 3 is 2.75 bits per heavy atom. The molecule has 0 fully saturated rings. The standard InChI is InChI=1S/C6H11ClO/c1-2-3-6(7)4-5-8/h3,8H,2,4-5H2,1H3.